The number of alkyl halides is 3. The molecule has 0 radical (unpaired) electrons. The minimum atomic E-state index is -4.55. The van der Waals surface area contributed by atoms with Crippen LogP contribution in [0.15, 0.2) is 29.8 Å². The van der Waals surface area contributed by atoms with Crippen molar-refractivity contribution >= 4 is 14.1 Å². The quantitative estimate of drug-likeness (QED) is 0.418. The molecule has 1 aromatic carbocycles. The van der Waals surface area contributed by atoms with Crippen LogP contribution in [0, 0.1) is 0 Å². The lowest BCUT2D eigenvalue weighted by Gasteiger charge is -2.49. The third kappa shape index (κ3) is 4.66. The fraction of sp³-hybridized carbons (Fsp3) is 0.636. The second-order valence-corrected chi connectivity index (χ2v) is 13.9. The van der Waals surface area contributed by atoms with Gasteiger partial charge in [-0.3, -0.25) is 0 Å². The highest BCUT2D eigenvalue weighted by Gasteiger charge is 2.66. The molecule has 1 aromatic rings. The molecule has 3 nitrogen and oxygen atoms in total. The van der Waals surface area contributed by atoms with Crippen LogP contribution in [-0.2, 0) is 9.16 Å². The number of ether oxygens (including phenoxy) is 2. The Kier molecular flexibility index (Phi) is 6.84. The Morgan fingerprint density at radius 3 is 2.10 bits per heavy atom. The molecule has 1 atom stereocenters. The van der Waals surface area contributed by atoms with E-state index < -0.39 is 26.7 Å². The van der Waals surface area contributed by atoms with Gasteiger partial charge in [-0.2, -0.15) is 13.2 Å². The monoisotopic (exact) mass is 430 g/mol. The largest absolute Gasteiger partial charge is 0.497 e. The van der Waals surface area contributed by atoms with Gasteiger partial charge in [0.25, 0.3) is 5.60 Å². The Morgan fingerprint density at radius 1 is 1.07 bits per heavy atom. The van der Waals surface area contributed by atoms with Crippen molar-refractivity contribution in [1.29, 1.82) is 0 Å². The normalized spacial score (nSPS) is 20.3. The molecule has 1 aliphatic heterocycles. The standard InChI is InChI=1S/C22H33F3O3Si/c1-8-9-10-18-19(16-11-13-17(26-5)14-12-16)28-21(18,22(23,24)25)15-27-29(6,7)20(2,3)4/h11-14H,8-10,15H2,1-7H3/t21-/m0/s1. The molecule has 2 rings (SSSR count). The van der Waals surface area contributed by atoms with Crippen LogP contribution in [-0.4, -0.2) is 33.8 Å². The first-order valence-corrected chi connectivity index (χ1v) is 13.0. The predicted molar refractivity (Wildman–Crippen MR) is 112 cm³/mol. The number of hydrogen-bond acceptors (Lipinski definition) is 3. The summed E-state index contributed by atoms with van der Waals surface area (Å²) in [6.45, 7) is 11.4. The number of hydrogen-bond donors (Lipinski definition) is 0. The van der Waals surface area contributed by atoms with Crippen molar-refractivity contribution in [2.45, 2.75) is 76.9 Å². The van der Waals surface area contributed by atoms with Gasteiger partial charge in [0.2, 0.25) is 0 Å². The van der Waals surface area contributed by atoms with E-state index >= 15 is 0 Å². The molecule has 29 heavy (non-hydrogen) atoms. The second kappa shape index (κ2) is 8.34. The van der Waals surface area contributed by atoms with Crippen molar-refractivity contribution in [3.63, 3.8) is 0 Å². The highest BCUT2D eigenvalue weighted by Crippen LogP contribution is 2.54. The number of halogens is 3. The van der Waals surface area contributed by atoms with E-state index in [9.17, 15) is 13.2 Å². The molecule has 0 N–H and O–H groups in total. The first-order chi connectivity index (χ1) is 13.3. The smallest absolute Gasteiger partial charge is 0.434 e. The molecule has 0 saturated heterocycles. The number of unbranched alkanes of at least 4 members (excludes halogenated alkanes) is 1. The second-order valence-electron chi connectivity index (χ2n) is 9.12. The summed E-state index contributed by atoms with van der Waals surface area (Å²) in [7, 11) is -0.820. The van der Waals surface area contributed by atoms with Crippen LogP contribution in [0.4, 0.5) is 13.2 Å². The third-order valence-electron chi connectivity index (χ3n) is 6.07. The molecule has 1 aliphatic rings. The SMILES string of the molecule is CCCCC1=C(c2ccc(OC)cc2)O[C@]1(CO[Si](C)(C)C(C)(C)C)C(F)(F)F. The highest BCUT2D eigenvalue weighted by atomic mass is 28.4. The summed E-state index contributed by atoms with van der Waals surface area (Å²) in [6.07, 6.45) is -2.75. The summed E-state index contributed by atoms with van der Waals surface area (Å²) in [5.74, 6) is 0.962. The summed E-state index contributed by atoms with van der Waals surface area (Å²) in [5, 5.41) is -0.185. The zero-order valence-electron chi connectivity index (χ0n) is 18.5. The lowest BCUT2D eigenvalue weighted by molar-refractivity contribution is -0.265. The van der Waals surface area contributed by atoms with E-state index in [2.05, 4.69) is 0 Å². The Balaban J connectivity index is 2.44. The average molecular weight is 431 g/mol. The summed E-state index contributed by atoms with van der Waals surface area (Å²) >= 11 is 0. The molecule has 0 bridgehead atoms. The summed E-state index contributed by atoms with van der Waals surface area (Å²) in [4.78, 5) is 0. The molecule has 164 valence electrons. The van der Waals surface area contributed by atoms with E-state index in [0.717, 1.165) is 6.42 Å². The van der Waals surface area contributed by atoms with Gasteiger partial charge >= 0.3 is 6.18 Å². The number of benzene rings is 1. The van der Waals surface area contributed by atoms with E-state index in [4.69, 9.17) is 13.9 Å². The van der Waals surface area contributed by atoms with Gasteiger partial charge in [-0.05, 0) is 55.2 Å². The minimum absolute atomic E-state index is 0.185. The fourth-order valence-corrected chi connectivity index (χ4v) is 4.00. The van der Waals surface area contributed by atoms with Crippen molar-refractivity contribution in [2.75, 3.05) is 13.7 Å². The van der Waals surface area contributed by atoms with Gasteiger partial charge in [-0.1, -0.05) is 34.1 Å². The van der Waals surface area contributed by atoms with Gasteiger partial charge < -0.3 is 13.9 Å². The van der Waals surface area contributed by atoms with Gasteiger partial charge in [0.05, 0.1) is 13.7 Å². The Morgan fingerprint density at radius 2 is 1.66 bits per heavy atom. The Hall–Kier alpha value is -1.47. The maximum Gasteiger partial charge on any atom is 0.434 e. The number of rotatable bonds is 8. The van der Waals surface area contributed by atoms with Crippen molar-refractivity contribution in [1.82, 2.24) is 0 Å². The van der Waals surface area contributed by atoms with Crippen LogP contribution in [0.2, 0.25) is 18.1 Å². The van der Waals surface area contributed by atoms with E-state index in [0.29, 0.717) is 29.9 Å². The topological polar surface area (TPSA) is 27.7 Å². The molecule has 1 heterocycles. The van der Waals surface area contributed by atoms with E-state index in [1.807, 2.05) is 40.8 Å². The molecule has 0 amide bonds. The van der Waals surface area contributed by atoms with Gasteiger partial charge in [0, 0.05) is 11.1 Å². The van der Waals surface area contributed by atoms with Gasteiger partial charge in [-0.25, -0.2) is 0 Å². The lowest BCUT2D eigenvalue weighted by Crippen LogP contribution is -2.60. The van der Waals surface area contributed by atoms with Gasteiger partial charge in [-0.15, -0.1) is 0 Å². The van der Waals surface area contributed by atoms with Gasteiger partial charge in [0.1, 0.15) is 11.5 Å². The summed E-state index contributed by atoms with van der Waals surface area (Å²) in [6, 6.07) is 6.91. The maximum absolute atomic E-state index is 14.3. The van der Waals surface area contributed by atoms with Gasteiger partial charge in [0.15, 0.2) is 8.32 Å². The molecule has 0 aromatic heterocycles. The van der Waals surface area contributed by atoms with Crippen molar-refractivity contribution in [3.8, 4) is 5.75 Å². The van der Waals surface area contributed by atoms with Crippen LogP contribution in [0.3, 0.4) is 0 Å². The molecule has 0 spiro atoms. The molecule has 0 saturated carbocycles. The van der Waals surface area contributed by atoms with Crippen molar-refractivity contribution < 1.29 is 27.1 Å². The van der Waals surface area contributed by atoms with Crippen LogP contribution in [0.25, 0.3) is 5.76 Å². The minimum Gasteiger partial charge on any atom is -0.497 e. The zero-order valence-corrected chi connectivity index (χ0v) is 19.5. The average Bonchev–Trinajstić information content (AvgIpc) is 2.59. The zero-order chi connectivity index (χ0) is 22.1. The maximum atomic E-state index is 14.3. The Bertz CT molecular complexity index is 733. The third-order valence-corrected chi connectivity index (χ3v) is 10.5. The molecule has 0 fully saturated rings. The summed E-state index contributed by atoms with van der Waals surface area (Å²) < 4.78 is 59.5. The predicted octanol–water partition coefficient (Wildman–Crippen LogP) is 6.95. The first kappa shape index (κ1) is 23.8. The first-order valence-electron chi connectivity index (χ1n) is 10.1. The molecule has 0 aliphatic carbocycles. The van der Waals surface area contributed by atoms with E-state index in [1.165, 1.54) is 0 Å². The Labute approximate surface area is 173 Å². The molecule has 7 heteroatoms. The van der Waals surface area contributed by atoms with Crippen LogP contribution >= 0.6 is 0 Å². The van der Waals surface area contributed by atoms with Crippen molar-refractivity contribution in [2.24, 2.45) is 0 Å². The molecule has 0 unspecified atom stereocenters. The van der Waals surface area contributed by atoms with E-state index in [-0.39, 0.29) is 10.6 Å². The fourth-order valence-electron chi connectivity index (χ4n) is 3.00. The number of methoxy groups -OCH3 is 1. The molecular formula is C22H33F3O3Si. The highest BCUT2D eigenvalue weighted by molar-refractivity contribution is 6.74. The van der Waals surface area contributed by atoms with E-state index in [1.54, 1.807) is 31.4 Å². The molecular weight excluding hydrogens is 397 g/mol. The lowest BCUT2D eigenvalue weighted by atomic mass is 9.82. The van der Waals surface area contributed by atoms with Crippen LogP contribution in [0.1, 0.15) is 52.5 Å². The van der Waals surface area contributed by atoms with Crippen LogP contribution in [0.5, 0.6) is 5.75 Å². The van der Waals surface area contributed by atoms with Crippen LogP contribution < -0.4 is 4.74 Å². The van der Waals surface area contributed by atoms with Crippen molar-refractivity contribution in [3.05, 3.63) is 35.4 Å². The summed E-state index contributed by atoms with van der Waals surface area (Å²) in [5.41, 5.74) is -1.45.